The van der Waals surface area contributed by atoms with Gasteiger partial charge in [-0.15, -0.1) is 0 Å². The molecular formula is C14H16F3NO6S. The van der Waals surface area contributed by atoms with E-state index in [1.165, 1.54) is 31.4 Å². The first-order chi connectivity index (χ1) is 11.6. The molecule has 1 N–H and O–H groups in total. The van der Waals surface area contributed by atoms with Gasteiger partial charge in [0.15, 0.2) is 0 Å². The third-order valence-corrected chi connectivity index (χ3v) is 4.00. The van der Waals surface area contributed by atoms with Gasteiger partial charge in [0.05, 0.1) is 19.3 Å². The summed E-state index contributed by atoms with van der Waals surface area (Å²) in [5.41, 5.74) is -5.18. The Kier molecular flexibility index (Phi) is 7.22. The highest BCUT2D eigenvalue weighted by molar-refractivity contribution is 7.90. The van der Waals surface area contributed by atoms with Crippen LogP contribution in [-0.4, -0.2) is 39.5 Å². The van der Waals surface area contributed by atoms with Crippen LogP contribution in [0.25, 0.3) is 0 Å². The number of ether oxygens (including phenoxy) is 2. The average molecular weight is 383 g/mol. The Morgan fingerprint density at radius 2 is 1.72 bits per heavy atom. The molecule has 1 aromatic carbocycles. The molecule has 0 unspecified atom stereocenters. The second-order valence-corrected chi connectivity index (χ2v) is 6.47. The number of benzene rings is 1. The summed E-state index contributed by atoms with van der Waals surface area (Å²) in [5, 5.41) is 0. The normalized spacial score (nSPS) is 11.7. The first-order valence-corrected chi connectivity index (χ1v) is 8.48. The number of nitrogens with one attached hydrogen (secondary N) is 1. The van der Waals surface area contributed by atoms with Crippen LogP contribution in [-0.2, 0) is 19.6 Å². The maximum atomic E-state index is 12.1. The van der Waals surface area contributed by atoms with Crippen LogP contribution in [0.1, 0.15) is 29.6 Å². The SMILES string of the molecule is COC(=O)c1ccc(OCCCCC(=O)NS(=O)(=O)C(F)(F)F)cc1. The van der Waals surface area contributed by atoms with Crippen LogP contribution in [0.5, 0.6) is 5.75 Å². The number of rotatable bonds is 8. The maximum absolute atomic E-state index is 12.1. The van der Waals surface area contributed by atoms with Gasteiger partial charge in [0.1, 0.15) is 5.75 Å². The standard InChI is InChI=1S/C14H16F3NO6S/c1-23-13(20)10-5-7-11(8-6-10)24-9-3-2-4-12(19)18-25(21,22)14(15,16)17/h5-8H,2-4,9H2,1H3,(H,18,19). The van der Waals surface area contributed by atoms with Crippen LogP contribution in [0.3, 0.4) is 0 Å². The highest BCUT2D eigenvalue weighted by atomic mass is 32.2. The molecule has 0 aromatic heterocycles. The summed E-state index contributed by atoms with van der Waals surface area (Å²) < 4.78 is 68.5. The van der Waals surface area contributed by atoms with Crippen molar-refractivity contribution < 1.29 is 40.7 Å². The molecule has 0 heterocycles. The number of carbonyl (C=O) groups is 2. The van der Waals surface area contributed by atoms with Gasteiger partial charge in [-0.05, 0) is 37.1 Å². The van der Waals surface area contributed by atoms with E-state index in [9.17, 15) is 31.2 Å². The molecule has 0 atom stereocenters. The summed E-state index contributed by atoms with van der Waals surface area (Å²) >= 11 is 0. The van der Waals surface area contributed by atoms with Crippen LogP contribution in [0, 0.1) is 0 Å². The van der Waals surface area contributed by atoms with Gasteiger partial charge in [-0.25, -0.2) is 9.52 Å². The number of esters is 1. The first-order valence-electron chi connectivity index (χ1n) is 7.00. The third kappa shape index (κ3) is 6.61. The van der Waals surface area contributed by atoms with E-state index >= 15 is 0 Å². The Morgan fingerprint density at radius 1 is 1.12 bits per heavy atom. The Hall–Kier alpha value is -2.30. The van der Waals surface area contributed by atoms with Crippen LogP contribution in [0.4, 0.5) is 13.2 Å². The maximum Gasteiger partial charge on any atom is 0.516 e. The quantitative estimate of drug-likeness (QED) is 0.545. The predicted molar refractivity (Wildman–Crippen MR) is 80.2 cm³/mol. The third-order valence-electron chi connectivity index (χ3n) is 2.90. The minimum absolute atomic E-state index is 0.138. The highest BCUT2D eigenvalue weighted by Crippen LogP contribution is 2.21. The Bertz CT molecular complexity index is 700. The molecule has 0 aliphatic heterocycles. The van der Waals surface area contributed by atoms with E-state index in [0.29, 0.717) is 17.7 Å². The average Bonchev–Trinajstić information content (AvgIpc) is 2.53. The molecule has 25 heavy (non-hydrogen) atoms. The van der Waals surface area contributed by atoms with Crippen LogP contribution in [0.2, 0.25) is 0 Å². The summed E-state index contributed by atoms with van der Waals surface area (Å²) in [6, 6.07) is 6.07. The number of alkyl halides is 3. The molecule has 1 rings (SSSR count). The number of hydrogen-bond acceptors (Lipinski definition) is 6. The van der Waals surface area contributed by atoms with Crippen molar-refractivity contribution in [3.05, 3.63) is 29.8 Å². The van der Waals surface area contributed by atoms with E-state index in [4.69, 9.17) is 4.74 Å². The van der Waals surface area contributed by atoms with E-state index in [2.05, 4.69) is 4.74 Å². The predicted octanol–water partition coefficient (Wildman–Crippen LogP) is 1.99. The fourth-order valence-corrected chi connectivity index (χ4v) is 2.16. The summed E-state index contributed by atoms with van der Waals surface area (Å²) in [6.45, 7) is 0.164. The first kappa shape index (κ1) is 20.7. The number of halogens is 3. The lowest BCUT2D eigenvalue weighted by Crippen LogP contribution is -2.40. The molecule has 0 aliphatic carbocycles. The minimum atomic E-state index is -5.66. The second kappa shape index (κ2) is 8.70. The molecule has 0 radical (unpaired) electrons. The van der Waals surface area contributed by atoms with E-state index in [1.54, 1.807) is 0 Å². The van der Waals surface area contributed by atoms with Crippen molar-refractivity contribution in [1.29, 1.82) is 0 Å². The van der Waals surface area contributed by atoms with Crippen LogP contribution in [0.15, 0.2) is 24.3 Å². The van der Waals surface area contributed by atoms with Crippen LogP contribution >= 0.6 is 0 Å². The molecule has 0 saturated heterocycles. The van der Waals surface area contributed by atoms with Gasteiger partial charge in [-0.2, -0.15) is 21.6 Å². The lowest BCUT2D eigenvalue weighted by molar-refractivity contribution is -0.120. The van der Waals surface area contributed by atoms with Gasteiger partial charge >= 0.3 is 21.5 Å². The molecule has 0 spiro atoms. The van der Waals surface area contributed by atoms with Crippen LogP contribution < -0.4 is 9.46 Å². The molecule has 11 heteroatoms. The number of hydrogen-bond donors (Lipinski definition) is 1. The van der Waals surface area contributed by atoms with Crippen molar-refractivity contribution in [2.75, 3.05) is 13.7 Å². The van der Waals surface area contributed by atoms with E-state index in [0.717, 1.165) is 4.72 Å². The molecule has 0 fully saturated rings. The number of unbranched alkanes of at least 4 members (excludes halogenated alkanes) is 1. The summed E-state index contributed by atoms with van der Waals surface area (Å²) in [4.78, 5) is 22.4. The van der Waals surface area contributed by atoms with E-state index < -0.39 is 27.4 Å². The number of amides is 1. The molecule has 1 aromatic rings. The Balaban J connectivity index is 2.30. The minimum Gasteiger partial charge on any atom is -0.494 e. The smallest absolute Gasteiger partial charge is 0.494 e. The van der Waals surface area contributed by atoms with Gasteiger partial charge in [-0.3, -0.25) is 4.79 Å². The monoisotopic (exact) mass is 383 g/mol. The fourth-order valence-electron chi connectivity index (χ4n) is 1.64. The van der Waals surface area contributed by atoms with Crippen molar-refractivity contribution in [2.24, 2.45) is 0 Å². The summed E-state index contributed by atoms with van der Waals surface area (Å²) in [7, 11) is -4.41. The van der Waals surface area contributed by atoms with Gasteiger partial charge in [0.25, 0.3) is 0 Å². The molecule has 1 amide bonds. The number of sulfonamides is 1. The Labute approximate surface area is 142 Å². The van der Waals surface area contributed by atoms with E-state index in [1.807, 2.05) is 0 Å². The molecule has 0 bridgehead atoms. The Morgan fingerprint density at radius 3 is 2.24 bits per heavy atom. The zero-order valence-electron chi connectivity index (χ0n) is 13.1. The lowest BCUT2D eigenvalue weighted by atomic mass is 10.2. The molecule has 7 nitrogen and oxygen atoms in total. The van der Waals surface area contributed by atoms with Crippen molar-refractivity contribution >= 4 is 21.9 Å². The highest BCUT2D eigenvalue weighted by Gasteiger charge is 2.46. The second-order valence-electron chi connectivity index (χ2n) is 4.80. The topological polar surface area (TPSA) is 98.8 Å². The van der Waals surface area contributed by atoms with E-state index in [-0.39, 0.29) is 19.4 Å². The molecular weight excluding hydrogens is 367 g/mol. The number of carbonyl (C=O) groups excluding carboxylic acids is 2. The molecule has 140 valence electrons. The van der Waals surface area contributed by atoms with Gasteiger partial charge in [-0.1, -0.05) is 0 Å². The summed E-state index contributed by atoms with van der Waals surface area (Å²) in [6.07, 6.45) is 0.0671. The largest absolute Gasteiger partial charge is 0.516 e. The van der Waals surface area contributed by atoms with Gasteiger partial charge in [0.2, 0.25) is 5.91 Å². The molecule has 0 aliphatic rings. The molecule has 0 saturated carbocycles. The summed E-state index contributed by atoms with van der Waals surface area (Å²) in [5.74, 6) is -1.28. The zero-order valence-corrected chi connectivity index (χ0v) is 13.9. The number of methoxy groups -OCH3 is 1. The van der Waals surface area contributed by atoms with Gasteiger partial charge in [0, 0.05) is 6.42 Å². The fraction of sp³-hybridized carbons (Fsp3) is 0.429. The van der Waals surface area contributed by atoms with Crippen molar-refractivity contribution in [1.82, 2.24) is 4.72 Å². The zero-order chi connectivity index (χ0) is 19.1. The van der Waals surface area contributed by atoms with Crippen molar-refractivity contribution in [3.8, 4) is 5.75 Å². The van der Waals surface area contributed by atoms with Gasteiger partial charge < -0.3 is 9.47 Å². The lowest BCUT2D eigenvalue weighted by Gasteiger charge is -2.09. The van der Waals surface area contributed by atoms with Crippen molar-refractivity contribution in [2.45, 2.75) is 24.8 Å². The van der Waals surface area contributed by atoms with Crippen molar-refractivity contribution in [3.63, 3.8) is 0 Å².